The number of cyclic esters (lactones) is 1. The van der Waals surface area contributed by atoms with Crippen LogP contribution in [0.15, 0.2) is 18.2 Å². The molecule has 12 nitrogen and oxygen atoms in total. The minimum absolute atomic E-state index is 0.0493. The maximum Gasteiger partial charge on any atom is 0.415 e. The van der Waals surface area contributed by atoms with Crippen molar-refractivity contribution in [2.75, 3.05) is 43.1 Å². The van der Waals surface area contributed by atoms with Crippen molar-refractivity contribution in [3.8, 4) is 11.5 Å². The largest absolute Gasteiger partial charge is 0.488 e. The average Bonchev–Trinajstić information content (AvgIpc) is 3.34. The molecule has 2 atom stereocenters. The van der Waals surface area contributed by atoms with Gasteiger partial charge in [-0.05, 0) is 74.4 Å². The number of hydrogen-bond acceptors (Lipinski definition) is 9. The van der Waals surface area contributed by atoms with Gasteiger partial charge in [0.05, 0.1) is 12.1 Å². The molecule has 1 saturated heterocycles. The van der Waals surface area contributed by atoms with Crippen LogP contribution < -0.4 is 30.7 Å². The van der Waals surface area contributed by atoms with E-state index in [0.717, 1.165) is 18.9 Å². The van der Waals surface area contributed by atoms with Crippen molar-refractivity contribution in [1.29, 1.82) is 0 Å². The SMILES string of the molecule is NC1(COc2cc(F)c3c(c2F)CC(CNCCC2CN(c4ccc5c(n4)NC(=O)CO5)C(=O)O2)C3)CC1.O=CO. The molecule has 14 heteroatoms. The lowest BCUT2D eigenvalue weighted by Crippen LogP contribution is -2.30. The quantitative estimate of drug-likeness (QED) is 0.257. The molecule has 2 amide bonds. The van der Waals surface area contributed by atoms with E-state index < -0.39 is 23.3 Å². The Kier molecular flexibility index (Phi) is 8.22. The first kappa shape index (κ1) is 28.5. The number of hydrogen-bond donors (Lipinski definition) is 4. The number of carboxylic acid groups (broad SMARTS) is 1. The lowest BCUT2D eigenvalue weighted by molar-refractivity contribution is -0.123. The van der Waals surface area contributed by atoms with Crippen LogP contribution in [0.4, 0.5) is 25.2 Å². The summed E-state index contributed by atoms with van der Waals surface area (Å²) in [4.78, 5) is 38.1. The number of amides is 2. The summed E-state index contributed by atoms with van der Waals surface area (Å²) in [5.41, 5.74) is 6.38. The summed E-state index contributed by atoms with van der Waals surface area (Å²) in [6.45, 7) is 1.32. The van der Waals surface area contributed by atoms with Crippen molar-refractivity contribution in [1.82, 2.24) is 10.3 Å². The molecule has 1 aromatic heterocycles. The van der Waals surface area contributed by atoms with E-state index in [1.807, 2.05) is 0 Å². The molecule has 2 aromatic rings. The number of anilines is 2. The van der Waals surface area contributed by atoms with Gasteiger partial charge in [0, 0.05) is 6.07 Å². The normalized spacial score (nSPS) is 21.5. The maximum atomic E-state index is 15.0. The molecule has 2 aliphatic heterocycles. The fourth-order valence-electron chi connectivity index (χ4n) is 5.08. The van der Waals surface area contributed by atoms with E-state index in [1.54, 1.807) is 12.1 Å². The molecular weight excluding hydrogens is 544 g/mol. The summed E-state index contributed by atoms with van der Waals surface area (Å²) in [6.07, 6.45) is 2.24. The van der Waals surface area contributed by atoms with Crippen LogP contribution in [0.3, 0.4) is 0 Å². The Morgan fingerprint density at radius 3 is 2.78 bits per heavy atom. The Bertz CT molecular complexity index is 1340. The van der Waals surface area contributed by atoms with Crippen molar-refractivity contribution in [2.24, 2.45) is 11.7 Å². The highest BCUT2D eigenvalue weighted by atomic mass is 19.1. The highest BCUT2D eigenvalue weighted by Crippen LogP contribution is 2.38. The molecule has 1 aromatic carbocycles. The Hall–Kier alpha value is -4.04. The van der Waals surface area contributed by atoms with Crippen LogP contribution in [0.25, 0.3) is 0 Å². The van der Waals surface area contributed by atoms with Crippen LogP contribution in [0.1, 0.15) is 30.4 Å². The molecule has 3 heterocycles. The first-order chi connectivity index (χ1) is 19.7. The number of nitrogens with one attached hydrogen (secondary N) is 2. The zero-order chi connectivity index (χ0) is 29.1. The van der Waals surface area contributed by atoms with Gasteiger partial charge in [-0.2, -0.15) is 0 Å². The van der Waals surface area contributed by atoms with Gasteiger partial charge >= 0.3 is 6.09 Å². The summed E-state index contributed by atoms with van der Waals surface area (Å²) in [7, 11) is 0. The minimum Gasteiger partial charge on any atom is -0.488 e. The molecule has 1 saturated carbocycles. The summed E-state index contributed by atoms with van der Waals surface area (Å²) in [5, 5.41) is 12.8. The fourth-order valence-corrected chi connectivity index (χ4v) is 5.08. The predicted octanol–water partition coefficient (Wildman–Crippen LogP) is 1.98. The Labute approximate surface area is 234 Å². The fraction of sp³-hybridized carbons (Fsp3) is 0.481. The van der Waals surface area contributed by atoms with Crippen LogP contribution in [-0.2, 0) is 27.2 Å². The number of halogens is 2. The molecule has 6 rings (SSSR count). The van der Waals surface area contributed by atoms with Crippen LogP contribution in [-0.4, -0.2) is 73.1 Å². The maximum absolute atomic E-state index is 15.0. The lowest BCUT2D eigenvalue weighted by atomic mass is 10.1. The molecule has 41 heavy (non-hydrogen) atoms. The van der Waals surface area contributed by atoms with Gasteiger partial charge in [-0.3, -0.25) is 14.5 Å². The van der Waals surface area contributed by atoms with Crippen LogP contribution >= 0.6 is 0 Å². The molecule has 2 unspecified atom stereocenters. The van der Waals surface area contributed by atoms with Crippen molar-refractivity contribution in [2.45, 2.75) is 43.7 Å². The minimum atomic E-state index is -0.511. The number of aromatic nitrogens is 1. The van der Waals surface area contributed by atoms with Gasteiger partial charge in [0.2, 0.25) is 0 Å². The molecule has 5 N–H and O–H groups in total. The third kappa shape index (κ3) is 6.49. The molecular formula is C27H31F2N5O7. The van der Waals surface area contributed by atoms with Gasteiger partial charge in [-0.25, -0.2) is 18.6 Å². The topological polar surface area (TPSA) is 165 Å². The van der Waals surface area contributed by atoms with E-state index in [-0.39, 0.29) is 49.2 Å². The summed E-state index contributed by atoms with van der Waals surface area (Å²) in [5.74, 6) is -0.180. The molecule has 220 valence electrons. The zero-order valence-electron chi connectivity index (χ0n) is 22.2. The number of benzene rings is 1. The predicted molar refractivity (Wildman–Crippen MR) is 141 cm³/mol. The Morgan fingerprint density at radius 1 is 1.27 bits per heavy atom. The van der Waals surface area contributed by atoms with E-state index in [4.69, 9.17) is 29.8 Å². The molecule has 0 spiro atoms. The highest BCUT2D eigenvalue weighted by molar-refractivity contribution is 5.95. The average molecular weight is 576 g/mol. The molecule has 2 fully saturated rings. The Balaban J connectivity index is 0.00000108. The number of rotatable bonds is 9. The zero-order valence-corrected chi connectivity index (χ0v) is 22.2. The molecule has 0 radical (unpaired) electrons. The second-order valence-electron chi connectivity index (χ2n) is 10.6. The number of nitrogens with two attached hydrogens (primary N) is 1. The van der Waals surface area contributed by atoms with Gasteiger partial charge in [-0.1, -0.05) is 0 Å². The third-order valence-corrected chi connectivity index (χ3v) is 7.47. The third-order valence-electron chi connectivity index (χ3n) is 7.47. The van der Waals surface area contributed by atoms with Gasteiger partial charge in [0.15, 0.2) is 29.7 Å². The lowest BCUT2D eigenvalue weighted by Gasteiger charge is -2.19. The monoisotopic (exact) mass is 575 g/mol. The van der Waals surface area contributed by atoms with Gasteiger partial charge in [-0.15, -0.1) is 0 Å². The van der Waals surface area contributed by atoms with E-state index in [1.165, 1.54) is 4.90 Å². The number of pyridine rings is 1. The van der Waals surface area contributed by atoms with Crippen LogP contribution in [0.5, 0.6) is 11.5 Å². The smallest absolute Gasteiger partial charge is 0.415 e. The van der Waals surface area contributed by atoms with E-state index in [2.05, 4.69) is 15.6 Å². The van der Waals surface area contributed by atoms with Crippen LogP contribution in [0, 0.1) is 17.6 Å². The van der Waals surface area contributed by atoms with Crippen molar-refractivity contribution < 1.29 is 42.5 Å². The molecule has 0 bridgehead atoms. The van der Waals surface area contributed by atoms with Gasteiger partial charge in [0.1, 0.15) is 24.3 Å². The second kappa shape index (κ2) is 11.8. The number of carbonyl (C=O) groups is 3. The van der Waals surface area contributed by atoms with E-state index in [0.29, 0.717) is 61.6 Å². The number of ether oxygens (including phenoxy) is 3. The first-order valence-corrected chi connectivity index (χ1v) is 13.3. The second-order valence-corrected chi connectivity index (χ2v) is 10.6. The summed E-state index contributed by atoms with van der Waals surface area (Å²) < 4.78 is 46.0. The number of carbonyl (C=O) groups excluding carboxylic acids is 2. The highest BCUT2D eigenvalue weighted by Gasteiger charge is 2.40. The number of fused-ring (bicyclic) bond motifs is 2. The first-order valence-electron chi connectivity index (χ1n) is 13.3. The van der Waals surface area contributed by atoms with E-state index >= 15 is 4.39 Å². The molecule has 2 aliphatic carbocycles. The van der Waals surface area contributed by atoms with Crippen LogP contribution in [0.2, 0.25) is 0 Å². The Morgan fingerprint density at radius 2 is 2.02 bits per heavy atom. The van der Waals surface area contributed by atoms with Crippen molar-refractivity contribution in [3.63, 3.8) is 0 Å². The number of nitrogens with zero attached hydrogens (tertiary/aromatic N) is 2. The van der Waals surface area contributed by atoms with Gasteiger partial charge < -0.3 is 35.7 Å². The van der Waals surface area contributed by atoms with Crippen molar-refractivity contribution in [3.05, 3.63) is 41.0 Å². The summed E-state index contributed by atoms with van der Waals surface area (Å²) in [6, 6.07) is 4.43. The van der Waals surface area contributed by atoms with Crippen molar-refractivity contribution >= 4 is 30.1 Å². The van der Waals surface area contributed by atoms with E-state index in [9.17, 15) is 14.0 Å². The standard InChI is InChI=1S/C26H29F2N5O5.CH2O2/c27-18-9-20(37-13-26(29)4-5-26)23(28)17-8-14(7-16(17)18)10-30-6-3-15-11-33(25(35)38-15)21-2-1-19-24(31-21)32-22(34)12-36-19;2-1-3/h1-2,9,14-15,30H,3-8,10-13,29H2,(H,31,32,34);1H,(H,2,3). The molecule has 4 aliphatic rings. The van der Waals surface area contributed by atoms with Gasteiger partial charge in [0.25, 0.3) is 12.4 Å². The summed E-state index contributed by atoms with van der Waals surface area (Å²) >= 11 is 0.